The summed E-state index contributed by atoms with van der Waals surface area (Å²) in [6.45, 7) is 2.22. The van der Waals surface area contributed by atoms with E-state index in [9.17, 15) is 18.4 Å². The minimum atomic E-state index is -2.73. The number of aromatic nitrogens is 2. The van der Waals surface area contributed by atoms with Crippen LogP contribution in [0.1, 0.15) is 74.0 Å². The Balaban J connectivity index is 1.79. The quantitative estimate of drug-likeness (QED) is 0.798. The molecule has 2 saturated carbocycles. The normalized spacial score (nSPS) is 29.6. The minimum absolute atomic E-state index is 0.0923. The largest absolute Gasteiger partial charge is 0.364 e. The summed E-state index contributed by atoms with van der Waals surface area (Å²) in [7, 11) is 0. The van der Waals surface area contributed by atoms with Crippen molar-refractivity contribution in [2.45, 2.75) is 63.7 Å². The lowest BCUT2D eigenvalue weighted by Gasteiger charge is -2.44. The van der Waals surface area contributed by atoms with Crippen LogP contribution in [0.3, 0.4) is 0 Å². The van der Waals surface area contributed by atoms with Crippen LogP contribution in [-0.2, 0) is 0 Å². The standard InChI is InChI=1S/C22H27F2N3O2/c1-12-4-2-3-5-13(12)14-6-8-22(23,24)11-15(14)17-10-18(28)19-16(27-17)7-9-26-20(19)21(25)29/h7,9-10,12-15H,2-6,8,11H2,1H3,(H2,25,29)(H,27,28). The zero-order valence-electron chi connectivity index (χ0n) is 16.6. The fourth-order valence-corrected chi connectivity index (χ4v) is 5.60. The Labute approximate surface area is 168 Å². The van der Waals surface area contributed by atoms with Gasteiger partial charge in [-0.3, -0.25) is 14.6 Å². The molecule has 29 heavy (non-hydrogen) atoms. The number of nitrogens with one attached hydrogen (secondary N) is 1. The number of halogens is 2. The monoisotopic (exact) mass is 403 g/mol. The summed E-state index contributed by atoms with van der Waals surface area (Å²) in [5.41, 5.74) is 5.80. The van der Waals surface area contributed by atoms with E-state index in [0.29, 0.717) is 29.5 Å². The Hall–Kier alpha value is -2.31. The van der Waals surface area contributed by atoms with Gasteiger partial charge in [0.1, 0.15) is 5.69 Å². The fraction of sp³-hybridized carbons (Fsp3) is 0.591. The van der Waals surface area contributed by atoms with Gasteiger partial charge >= 0.3 is 0 Å². The molecule has 0 radical (unpaired) electrons. The van der Waals surface area contributed by atoms with Gasteiger partial charge in [-0.1, -0.05) is 26.2 Å². The number of amides is 1. The van der Waals surface area contributed by atoms with Crippen LogP contribution < -0.4 is 11.2 Å². The molecule has 2 heterocycles. The number of aromatic amines is 1. The van der Waals surface area contributed by atoms with Crippen LogP contribution in [0.4, 0.5) is 8.78 Å². The van der Waals surface area contributed by atoms with Crippen molar-refractivity contribution in [3.63, 3.8) is 0 Å². The third-order valence-corrected chi connectivity index (χ3v) is 7.00. The number of fused-ring (bicyclic) bond motifs is 1. The summed E-state index contributed by atoms with van der Waals surface area (Å²) in [5.74, 6) is -2.92. The summed E-state index contributed by atoms with van der Waals surface area (Å²) in [6.07, 6.45) is 6.04. The summed E-state index contributed by atoms with van der Waals surface area (Å²) in [5, 5.41) is 0.119. The number of nitrogens with zero attached hydrogens (tertiary/aromatic N) is 1. The summed E-state index contributed by atoms with van der Waals surface area (Å²) in [6, 6.07) is 2.97. The molecule has 4 rings (SSSR count). The van der Waals surface area contributed by atoms with E-state index in [4.69, 9.17) is 5.73 Å². The third kappa shape index (κ3) is 3.79. The molecule has 2 aliphatic carbocycles. The number of nitrogens with two attached hydrogens (primary N) is 1. The maximum Gasteiger partial charge on any atom is 0.268 e. The minimum Gasteiger partial charge on any atom is -0.364 e. The van der Waals surface area contributed by atoms with E-state index in [1.54, 1.807) is 6.07 Å². The highest BCUT2D eigenvalue weighted by Crippen LogP contribution is 2.51. The van der Waals surface area contributed by atoms with Crippen molar-refractivity contribution in [3.05, 3.63) is 39.9 Å². The predicted molar refractivity (Wildman–Crippen MR) is 107 cm³/mol. The number of H-pyrrole nitrogens is 1. The number of primary amides is 1. The first-order chi connectivity index (χ1) is 13.8. The second-order valence-electron chi connectivity index (χ2n) is 8.83. The molecule has 2 aromatic heterocycles. The average molecular weight is 403 g/mol. The number of pyridine rings is 2. The van der Waals surface area contributed by atoms with Gasteiger partial charge < -0.3 is 10.7 Å². The highest BCUT2D eigenvalue weighted by atomic mass is 19.3. The lowest BCUT2D eigenvalue weighted by atomic mass is 9.63. The predicted octanol–water partition coefficient (Wildman–Crippen LogP) is 4.37. The maximum atomic E-state index is 14.4. The molecular formula is C22H27F2N3O2. The topological polar surface area (TPSA) is 88.8 Å². The van der Waals surface area contributed by atoms with E-state index in [2.05, 4.69) is 16.9 Å². The molecule has 4 atom stereocenters. The summed E-state index contributed by atoms with van der Waals surface area (Å²) < 4.78 is 28.8. The molecule has 4 unspecified atom stereocenters. The van der Waals surface area contributed by atoms with E-state index in [1.807, 2.05) is 0 Å². The van der Waals surface area contributed by atoms with Gasteiger partial charge in [0.2, 0.25) is 5.92 Å². The van der Waals surface area contributed by atoms with Crippen LogP contribution in [0, 0.1) is 17.8 Å². The van der Waals surface area contributed by atoms with E-state index < -0.39 is 23.2 Å². The Morgan fingerprint density at radius 1 is 1.24 bits per heavy atom. The van der Waals surface area contributed by atoms with Gasteiger partial charge in [-0.05, 0) is 36.7 Å². The first-order valence-corrected chi connectivity index (χ1v) is 10.5. The third-order valence-electron chi connectivity index (χ3n) is 7.00. The van der Waals surface area contributed by atoms with Crippen molar-refractivity contribution < 1.29 is 13.6 Å². The van der Waals surface area contributed by atoms with E-state index in [0.717, 1.165) is 19.3 Å². The molecule has 0 aliphatic heterocycles. The smallest absolute Gasteiger partial charge is 0.268 e. The molecule has 3 N–H and O–H groups in total. The zero-order chi connectivity index (χ0) is 20.8. The van der Waals surface area contributed by atoms with Gasteiger partial charge in [-0.15, -0.1) is 0 Å². The SMILES string of the molecule is CC1CCCCC1C1CCC(F)(F)CC1c1cc(=O)c2c(C(N)=O)nccc2[nH]1. The van der Waals surface area contributed by atoms with Gasteiger partial charge in [0.25, 0.3) is 5.91 Å². The molecule has 0 spiro atoms. The van der Waals surface area contributed by atoms with Crippen molar-refractivity contribution in [2.75, 3.05) is 0 Å². The second-order valence-corrected chi connectivity index (χ2v) is 8.83. The van der Waals surface area contributed by atoms with Crippen LogP contribution >= 0.6 is 0 Å². The van der Waals surface area contributed by atoms with E-state index >= 15 is 0 Å². The van der Waals surface area contributed by atoms with Crippen molar-refractivity contribution in [1.82, 2.24) is 9.97 Å². The Bertz CT molecular complexity index is 988. The lowest BCUT2D eigenvalue weighted by molar-refractivity contribution is -0.0688. The number of rotatable bonds is 3. The van der Waals surface area contributed by atoms with Crippen molar-refractivity contribution >= 4 is 16.8 Å². The van der Waals surface area contributed by atoms with Crippen LogP contribution in [0.25, 0.3) is 10.9 Å². The molecule has 156 valence electrons. The average Bonchev–Trinajstić information content (AvgIpc) is 2.67. The molecule has 5 nitrogen and oxygen atoms in total. The molecule has 0 saturated heterocycles. The van der Waals surface area contributed by atoms with Gasteiger partial charge in [0, 0.05) is 36.7 Å². The Morgan fingerprint density at radius 2 is 2.00 bits per heavy atom. The van der Waals surface area contributed by atoms with Crippen molar-refractivity contribution in [2.24, 2.45) is 23.5 Å². The van der Waals surface area contributed by atoms with Gasteiger partial charge in [-0.25, -0.2) is 8.78 Å². The van der Waals surface area contributed by atoms with Gasteiger partial charge in [0.15, 0.2) is 5.43 Å². The summed E-state index contributed by atoms with van der Waals surface area (Å²) in [4.78, 5) is 31.6. The first kappa shape index (κ1) is 20.0. The van der Waals surface area contributed by atoms with Crippen LogP contribution in [0.15, 0.2) is 23.1 Å². The molecule has 2 aromatic rings. The highest BCUT2D eigenvalue weighted by molar-refractivity contribution is 6.03. The second kappa shape index (κ2) is 7.50. The van der Waals surface area contributed by atoms with Crippen molar-refractivity contribution in [1.29, 1.82) is 0 Å². The van der Waals surface area contributed by atoms with Crippen LogP contribution in [0.2, 0.25) is 0 Å². The molecule has 0 aromatic carbocycles. The molecule has 0 bridgehead atoms. The number of alkyl halides is 2. The molecular weight excluding hydrogens is 376 g/mol. The fourth-order valence-electron chi connectivity index (χ4n) is 5.60. The van der Waals surface area contributed by atoms with E-state index in [1.165, 1.54) is 18.7 Å². The molecule has 2 fully saturated rings. The number of hydrogen-bond donors (Lipinski definition) is 2. The first-order valence-electron chi connectivity index (χ1n) is 10.5. The molecule has 2 aliphatic rings. The molecule has 7 heteroatoms. The van der Waals surface area contributed by atoms with Gasteiger partial charge in [0.05, 0.1) is 10.9 Å². The molecule has 1 amide bonds. The Morgan fingerprint density at radius 3 is 2.72 bits per heavy atom. The number of carbonyl (C=O) groups excluding carboxylic acids is 1. The lowest BCUT2D eigenvalue weighted by Crippen LogP contribution is -2.38. The van der Waals surface area contributed by atoms with Crippen LogP contribution in [-0.4, -0.2) is 21.8 Å². The number of carbonyl (C=O) groups is 1. The summed E-state index contributed by atoms with van der Waals surface area (Å²) >= 11 is 0. The van der Waals surface area contributed by atoms with Crippen LogP contribution in [0.5, 0.6) is 0 Å². The number of hydrogen-bond acceptors (Lipinski definition) is 3. The van der Waals surface area contributed by atoms with Gasteiger partial charge in [-0.2, -0.15) is 0 Å². The maximum absolute atomic E-state index is 14.4. The zero-order valence-corrected chi connectivity index (χ0v) is 16.6. The highest BCUT2D eigenvalue weighted by Gasteiger charge is 2.46. The van der Waals surface area contributed by atoms with E-state index in [-0.39, 0.29) is 29.8 Å². The van der Waals surface area contributed by atoms with Crippen molar-refractivity contribution in [3.8, 4) is 0 Å². The Kier molecular flexibility index (Phi) is 5.17.